The van der Waals surface area contributed by atoms with Crippen LogP contribution in [0, 0.1) is 5.92 Å². The molecule has 2 aromatic rings. The minimum atomic E-state index is 0.599. The van der Waals surface area contributed by atoms with E-state index in [1.165, 1.54) is 27.8 Å². The molecule has 2 heteroatoms. The lowest BCUT2D eigenvalue weighted by Crippen LogP contribution is -2.21. The number of rotatable bonds is 4. The number of hydrogen-bond acceptors (Lipinski definition) is 2. The summed E-state index contributed by atoms with van der Waals surface area (Å²) in [5, 5.41) is 5.03. The molecule has 1 atom stereocenters. The number of nitrogens with one attached hydrogen (secondary N) is 1. The lowest BCUT2D eigenvalue weighted by atomic mass is 10.1. The van der Waals surface area contributed by atoms with Gasteiger partial charge in [-0.25, -0.2) is 0 Å². The zero-order chi connectivity index (χ0) is 11.0. The Balaban J connectivity index is 1.96. The van der Waals surface area contributed by atoms with Crippen LogP contribution in [0.15, 0.2) is 30.3 Å². The number of hydrogen-bond donors (Lipinski definition) is 1. The van der Waals surface area contributed by atoms with E-state index in [0.717, 1.165) is 12.5 Å². The van der Waals surface area contributed by atoms with E-state index >= 15 is 0 Å². The molecule has 3 rings (SSSR count). The van der Waals surface area contributed by atoms with Crippen LogP contribution >= 0.6 is 11.3 Å². The number of fused-ring (bicyclic) bond motifs is 1. The molecule has 1 aromatic carbocycles. The molecule has 1 heterocycles. The van der Waals surface area contributed by atoms with E-state index in [1.54, 1.807) is 0 Å². The van der Waals surface area contributed by atoms with Gasteiger partial charge in [0.1, 0.15) is 0 Å². The highest BCUT2D eigenvalue weighted by molar-refractivity contribution is 7.19. The van der Waals surface area contributed by atoms with Crippen molar-refractivity contribution in [2.45, 2.75) is 25.8 Å². The fourth-order valence-corrected chi connectivity index (χ4v) is 3.54. The largest absolute Gasteiger partial charge is 0.309 e. The first-order chi connectivity index (χ1) is 7.88. The predicted octanol–water partition coefficient (Wildman–Crippen LogP) is 3.96. The summed E-state index contributed by atoms with van der Waals surface area (Å²) in [4.78, 5) is 1.52. The third-order valence-corrected chi connectivity index (χ3v) is 4.47. The van der Waals surface area contributed by atoms with Crippen LogP contribution in [-0.4, -0.2) is 6.54 Å². The summed E-state index contributed by atoms with van der Waals surface area (Å²) in [6, 6.07) is 11.7. The highest BCUT2D eigenvalue weighted by atomic mass is 32.1. The third kappa shape index (κ3) is 1.87. The van der Waals surface area contributed by atoms with Crippen LogP contribution in [0.5, 0.6) is 0 Å². The van der Waals surface area contributed by atoms with E-state index in [0.29, 0.717) is 6.04 Å². The van der Waals surface area contributed by atoms with Crippen LogP contribution in [0.3, 0.4) is 0 Å². The van der Waals surface area contributed by atoms with Gasteiger partial charge < -0.3 is 5.32 Å². The van der Waals surface area contributed by atoms with Gasteiger partial charge in [0.05, 0.1) is 0 Å². The Hall–Kier alpha value is -0.860. The van der Waals surface area contributed by atoms with Crippen molar-refractivity contribution in [3.05, 3.63) is 35.2 Å². The third-order valence-electron chi connectivity index (χ3n) is 3.27. The highest BCUT2D eigenvalue weighted by Crippen LogP contribution is 2.44. The molecule has 1 aliphatic carbocycles. The molecule has 16 heavy (non-hydrogen) atoms. The maximum absolute atomic E-state index is 3.63. The first kappa shape index (κ1) is 10.3. The zero-order valence-electron chi connectivity index (χ0n) is 9.57. The van der Waals surface area contributed by atoms with Gasteiger partial charge in [-0.15, -0.1) is 11.3 Å². The summed E-state index contributed by atoms with van der Waals surface area (Å²) in [6.07, 6.45) is 2.79. The van der Waals surface area contributed by atoms with Gasteiger partial charge in [0.25, 0.3) is 0 Å². The molecule has 0 aliphatic heterocycles. The van der Waals surface area contributed by atoms with Gasteiger partial charge in [-0.05, 0) is 42.8 Å². The van der Waals surface area contributed by atoms with Gasteiger partial charge in [-0.2, -0.15) is 0 Å². The lowest BCUT2D eigenvalue weighted by Gasteiger charge is -2.14. The fourth-order valence-electron chi connectivity index (χ4n) is 2.30. The highest BCUT2D eigenvalue weighted by Gasteiger charge is 2.32. The summed E-state index contributed by atoms with van der Waals surface area (Å²) in [6.45, 7) is 3.26. The van der Waals surface area contributed by atoms with E-state index in [4.69, 9.17) is 0 Å². The lowest BCUT2D eigenvalue weighted by molar-refractivity contribution is 0.504. The van der Waals surface area contributed by atoms with Crippen molar-refractivity contribution in [2.24, 2.45) is 5.92 Å². The molecule has 0 spiro atoms. The summed E-state index contributed by atoms with van der Waals surface area (Å²) in [5.74, 6) is 0.882. The topological polar surface area (TPSA) is 12.0 Å². The molecule has 1 unspecified atom stereocenters. The van der Waals surface area contributed by atoms with Crippen LogP contribution in [-0.2, 0) is 0 Å². The summed E-state index contributed by atoms with van der Waals surface area (Å²) in [7, 11) is 0. The summed E-state index contributed by atoms with van der Waals surface area (Å²) >= 11 is 1.95. The van der Waals surface area contributed by atoms with Gasteiger partial charge in [0.15, 0.2) is 0 Å². The summed E-state index contributed by atoms with van der Waals surface area (Å²) < 4.78 is 1.42. The van der Waals surface area contributed by atoms with Crippen LogP contribution in [0.2, 0.25) is 0 Å². The van der Waals surface area contributed by atoms with Crippen LogP contribution in [0.25, 0.3) is 10.1 Å². The van der Waals surface area contributed by atoms with E-state index < -0.39 is 0 Å². The number of thiophene rings is 1. The average Bonchev–Trinajstić information content (AvgIpc) is 3.04. The molecule has 1 aromatic heterocycles. The quantitative estimate of drug-likeness (QED) is 0.839. The molecule has 1 saturated carbocycles. The molecule has 0 amide bonds. The molecule has 1 aliphatic rings. The van der Waals surface area contributed by atoms with Crippen molar-refractivity contribution in [3.63, 3.8) is 0 Å². The van der Waals surface area contributed by atoms with Gasteiger partial charge >= 0.3 is 0 Å². The van der Waals surface area contributed by atoms with Gasteiger partial charge in [-0.3, -0.25) is 0 Å². The smallest absolute Gasteiger partial charge is 0.0443 e. The monoisotopic (exact) mass is 231 g/mol. The molecule has 0 bridgehead atoms. The Bertz CT molecular complexity index is 451. The molecule has 84 valence electrons. The van der Waals surface area contributed by atoms with Crippen molar-refractivity contribution < 1.29 is 0 Å². The summed E-state index contributed by atoms with van der Waals surface area (Å²) in [5.41, 5.74) is 0. The first-order valence-electron chi connectivity index (χ1n) is 6.10. The molecule has 0 saturated heterocycles. The maximum Gasteiger partial charge on any atom is 0.0443 e. The molecule has 1 nitrogen and oxygen atoms in total. The van der Waals surface area contributed by atoms with E-state index in [1.807, 2.05) is 11.3 Å². The second-order valence-corrected chi connectivity index (χ2v) is 5.67. The minimum Gasteiger partial charge on any atom is -0.309 e. The molecule has 1 fully saturated rings. The first-order valence-corrected chi connectivity index (χ1v) is 6.92. The van der Waals surface area contributed by atoms with Crippen LogP contribution in [0.4, 0.5) is 0 Å². The maximum atomic E-state index is 3.63. The SMILES string of the molecule is CCNC(c1cc2ccccc2s1)C1CC1. The zero-order valence-corrected chi connectivity index (χ0v) is 10.4. The van der Waals surface area contributed by atoms with E-state index in [9.17, 15) is 0 Å². The standard InChI is InChI=1S/C14H17NS/c1-2-15-14(10-7-8-10)13-9-11-5-3-4-6-12(11)16-13/h3-6,9-10,14-15H,2,7-8H2,1H3. The second-order valence-electron chi connectivity index (χ2n) is 4.56. The second kappa shape index (κ2) is 4.19. The normalized spacial score (nSPS) is 17.8. The van der Waals surface area contributed by atoms with E-state index in [2.05, 4.69) is 42.6 Å². The van der Waals surface area contributed by atoms with Crippen molar-refractivity contribution in [1.82, 2.24) is 5.32 Å². The van der Waals surface area contributed by atoms with Crippen molar-refractivity contribution in [1.29, 1.82) is 0 Å². The fraction of sp³-hybridized carbons (Fsp3) is 0.429. The minimum absolute atomic E-state index is 0.599. The van der Waals surface area contributed by atoms with Crippen LogP contribution < -0.4 is 5.32 Å². The Morgan fingerprint density at radius 1 is 1.38 bits per heavy atom. The molecule has 0 radical (unpaired) electrons. The van der Waals surface area contributed by atoms with Crippen molar-refractivity contribution in [3.8, 4) is 0 Å². The molecular formula is C14H17NS. The van der Waals surface area contributed by atoms with Crippen molar-refractivity contribution in [2.75, 3.05) is 6.54 Å². The average molecular weight is 231 g/mol. The Morgan fingerprint density at radius 2 is 2.19 bits per heavy atom. The van der Waals surface area contributed by atoms with Gasteiger partial charge in [-0.1, -0.05) is 25.1 Å². The van der Waals surface area contributed by atoms with Gasteiger partial charge in [0.2, 0.25) is 0 Å². The Kier molecular flexibility index (Phi) is 2.70. The number of benzene rings is 1. The van der Waals surface area contributed by atoms with Crippen molar-refractivity contribution >= 4 is 21.4 Å². The Labute approximate surface area is 100 Å². The predicted molar refractivity (Wildman–Crippen MR) is 71.0 cm³/mol. The molecule has 1 N–H and O–H groups in total. The van der Waals surface area contributed by atoms with Crippen LogP contribution in [0.1, 0.15) is 30.7 Å². The van der Waals surface area contributed by atoms with E-state index in [-0.39, 0.29) is 0 Å². The molecular weight excluding hydrogens is 214 g/mol. The Morgan fingerprint density at radius 3 is 2.88 bits per heavy atom. The van der Waals surface area contributed by atoms with Gasteiger partial charge in [0, 0.05) is 15.6 Å².